The normalized spacial score (nSPS) is 33.1. The zero-order valence-electron chi connectivity index (χ0n) is 20.0. The van der Waals surface area contributed by atoms with Gasteiger partial charge < -0.3 is 20.6 Å². The molecule has 2 unspecified atom stereocenters. The quantitative estimate of drug-likeness (QED) is 0.426. The number of nitrogens with one attached hydrogen (secondary N) is 4. The van der Waals surface area contributed by atoms with E-state index in [-0.39, 0.29) is 0 Å². The molecule has 5 fully saturated rings. The average Bonchev–Trinajstić information content (AvgIpc) is 3.72. The maximum atomic E-state index is 4.79. The molecule has 2 bridgehead atoms. The van der Waals surface area contributed by atoms with Gasteiger partial charge in [-0.05, 0) is 93.8 Å². The third kappa shape index (κ3) is 3.37. The highest BCUT2D eigenvalue weighted by Crippen LogP contribution is 2.58. The van der Waals surface area contributed by atoms with Crippen LogP contribution in [-0.2, 0) is 10.8 Å². The minimum Gasteiger partial charge on any atom is -0.344 e. The molecule has 2 aromatic heterocycles. The van der Waals surface area contributed by atoms with Crippen LogP contribution in [0.15, 0.2) is 36.7 Å². The zero-order valence-corrected chi connectivity index (χ0v) is 20.0. The lowest BCUT2D eigenvalue weighted by Crippen LogP contribution is -2.46. The van der Waals surface area contributed by atoms with Crippen molar-refractivity contribution in [3.63, 3.8) is 0 Å². The molecule has 4 heterocycles. The summed E-state index contributed by atoms with van der Waals surface area (Å²) in [5, 5.41) is 7.12. The fourth-order valence-corrected chi connectivity index (χ4v) is 7.31. The van der Waals surface area contributed by atoms with Gasteiger partial charge in [0.05, 0.1) is 24.0 Å². The summed E-state index contributed by atoms with van der Waals surface area (Å²) in [6.07, 6.45) is 16.7. The van der Waals surface area contributed by atoms with Crippen LogP contribution in [0.4, 0.5) is 0 Å². The molecule has 2 atom stereocenters. The Morgan fingerprint density at radius 2 is 1.26 bits per heavy atom. The third-order valence-corrected chi connectivity index (χ3v) is 9.60. The molecule has 3 saturated carbocycles. The van der Waals surface area contributed by atoms with E-state index in [0.717, 1.165) is 30.4 Å². The summed E-state index contributed by atoms with van der Waals surface area (Å²) < 4.78 is 0. The Balaban J connectivity index is 1.06. The van der Waals surface area contributed by atoms with E-state index in [9.17, 15) is 0 Å². The molecular weight excluding hydrogens is 420 g/mol. The summed E-state index contributed by atoms with van der Waals surface area (Å²) in [6, 6.07) is 10.2. The van der Waals surface area contributed by atoms with Crippen molar-refractivity contribution in [1.82, 2.24) is 30.6 Å². The van der Waals surface area contributed by atoms with E-state index in [2.05, 4.69) is 56.0 Å². The van der Waals surface area contributed by atoms with Gasteiger partial charge in [0.2, 0.25) is 0 Å². The van der Waals surface area contributed by atoms with Crippen LogP contribution in [0, 0.1) is 0 Å². The van der Waals surface area contributed by atoms with Gasteiger partial charge in [-0.1, -0.05) is 24.3 Å². The van der Waals surface area contributed by atoms with Gasteiger partial charge in [-0.2, -0.15) is 0 Å². The second-order valence-corrected chi connectivity index (χ2v) is 11.3. The second-order valence-electron chi connectivity index (χ2n) is 11.3. The number of hydrogen-bond acceptors (Lipinski definition) is 4. The Hall–Kier alpha value is -2.44. The topological polar surface area (TPSA) is 81.4 Å². The molecular formula is C28H36N6. The Morgan fingerprint density at radius 3 is 1.88 bits per heavy atom. The van der Waals surface area contributed by atoms with E-state index in [1.165, 1.54) is 81.0 Å². The average molecular weight is 457 g/mol. The lowest BCUT2D eigenvalue weighted by atomic mass is 9.51. The highest BCUT2D eigenvalue weighted by molar-refractivity contribution is 5.59. The SMILES string of the molecule is c1cc(C23CCC(c4cnc(C5CCCN5)[nH]4)(CC2)CC3)ccc1-c1cnc(C2CCCN2)[nH]1. The number of aromatic nitrogens is 4. The van der Waals surface area contributed by atoms with Crippen molar-refractivity contribution in [3.05, 3.63) is 59.6 Å². The molecule has 178 valence electrons. The fourth-order valence-electron chi connectivity index (χ4n) is 7.31. The molecule has 8 rings (SSSR count). The number of H-pyrrole nitrogens is 2. The third-order valence-electron chi connectivity index (χ3n) is 9.60. The summed E-state index contributed by atoms with van der Waals surface area (Å²) in [7, 11) is 0. The monoisotopic (exact) mass is 456 g/mol. The summed E-state index contributed by atoms with van der Waals surface area (Å²) in [5.41, 5.74) is 5.96. The van der Waals surface area contributed by atoms with Crippen LogP contribution in [0.5, 0.6) is 0 Å². The molecule has 6 nitrogen and oxygen atoms in total. The number of fused-ring (bicyclic) bond motifs is 3. The largest absolute Gasteiger partial charge is 0.344 e. The van der Waals surface area contributed by atoms with Crippen LogP contribution < -0.4 is 10.6 Å². The van der Waals surface area contributed by atoms with Crippen molar-refractivity contribution < 1.29 is 0 Å². The summed E-state index contributed by atoms with van der Waals surface area (Å²) in [4.78, 5) is 16.8. The molecule has 0 amide bonds. The van der Waals surface area contributed by atoms with E-state index in [1.54, 1.807) is 0 Å². The van der Waals surface area contributed by atoms with Crippen LogP contribution in [0.25, 0.3) is 11.3 Å². The van der Waals surface area contributed by atoms with Crippen molar-refractivity contribution in [2.45, 2.75) is 87.1 Å². The fraction of sp³-hybridized carbons (Fsp3) is 0.571. The Bertz CT molecular complexity index is 1120. The number of rotatable bonds is 5. The van der Waals surface area contributed by atoms with E-state index in [1.807, 2.05) is 6.20 Å². The molecule has 3 aromatic rings. The number of hydrogen-bond donors (Lipinski definition) is 4. The van der Waals surface area contributed by atoms with E-state index in [0.29, 0.717) is 22.9 Å². The molecule has 2 aliphatic heterocycles. The maximum Gasteiger partial charge on any atom is 0.123 e. The molecule has 3 aliphatic carbocycles. The minimum absolute atomic E-state index is 0.312. The van der Waals surface area contributed by atoms with Crippen molar-refractivity contribution in [3.8, 4) is 11.3 Å². The smallest absolute Gasteiger partial charge is 0.123 e. The predicted octanol–water partition coefficient (Wildman–Crippen LogP) is 5.19. The first-order valence-electron chi connectivity index (χ1n) is 13.4. The van der Waals surface area contributed by atoms with Gasteiger partial charge in [0.25, 0.3) is 0 Å². The van der Waals surface area contributed by atoms with Gasteiger partial charge in [-0.25, -0.2) is 9.97 Å². The summed E-state index contributed by atoms with van der Waals surface area (Å²) >= 11 is 0. The standard InChI is InChI=1S/C28H36N6/c1-3-21(29-15-1)25-31-17-23(33-25)19-5-7-20(8-6-19)27-9-12-28(13-10-27,14-11-27)24-18-32-26(34-24)22-4-2-16-30-22/h5-8,17-18,21-22,29-30H,1-4,9-16H2,(H,31,33)(H,32,34). The Kier molecular flexibility index (Phi) is 4.95. The van der Waals surface area contributed by atoms with Gasteiger partial charge in [0.15, 0.2) is 0 Å². The first-order chi connectivity index (χ1) is 16.7. The molecule has 0 radical (unpaired) electrons. The molecule has 5 aliphatic rings. The van der Waals surface area contributed by atoms with Crippen molar-refractivity contribution in [2.75, 3.05) is 13.1 Å². The molecule has 0 spiro atoms. The Morgan fingerprint density at radius 1 is 0.676 bits per heavy atom. The lowest BCUT2D eigenvalue weighted by molar-refractivity contribution is 0.0989. The first-order valence-corrected chi connectivity index (χ1v) is 13.4. The van der Waals surface area contributed by atoms with Gasteiger partial charge in [-0.3, -0.25) is 0 Å². The van der Waals surface area contributed by atoms with Crippen LogP contribution >= 0.6 is 0 Å². The van der Waals surface area contributed by atoms with Gasteiger partial charge in [0.1, 0.15) is 11.6 Å². The van der Waals surface area contributed by atoms with Crippen molar-refractivity contribution in [2.24, 2.45) is 0 Å². The second kappa shape index (κ2) is 8.06. The minimum atomic E-state index is 0.312. The Labute approximate surface area is 201 Å². The molecule has 1 aromatic carbocycles. The van der Waals surface area contributed by atoms with E-state index in [4.69, 9.17) is 4.98 Å². The highest BCUT2D eigenvalue weighted by atomic mass is 15.0. The van der Waals surface area contributed by atoms with Crippen LogP contribution in [-0.4, -0.2) is 33.0 Å². The maximum absolute atomic E-state index is 4.79. The van der Waals surface area contributed by atoms with E-state index >= 15 is 0 Å². The van der Waals surface area contributed by atoms with Crippen molar-refractivity contribution in [1.29, 1.82) is 0 Å². The van der Waals surface area contributed by atoms with Crippen LogP contribution in [0.2, 0.25) is 0 Å². The molecule has 2 saturated heterocycles. The molecule has 6 heteroatoms. The van der Waals surface area contributed by atoms with Gasteiger partial charge in [-0.15, -0.1) is 0 Å². The highest BCUT2D eigenvalue weighted by Gasteiger charge is 2.50. The van der Waals surface area contributed by atoms with Crippen LogP contribution in [0.1, 0.15) is 99.2 Å². The number of aromatic amines is 2. The number of nitrogens with zero attached hydrogens (tertiary/aromatic N) is 2. The lowest BCUT2D eigenvalue weighted by Gasteiger charge is -2.53. The van der Waals surface area contributed by atoms with Gasteiger partial charge in [0, 0.05) is 17.3 Å². The summed E-state index contributed by atoms with van der Waals surface area (Å²) in [5.74, 6) is 2.24. The zero-order chi connectivity index (χ0) is 22.6. The summed E-state index contributed by atoms with van der Waals surface area (Å²) in [6.45, 7) is 2.21. The van der Waals surface area contributed by atoms with Crippen LogP contribution in [0.3, 0.4) is 0 Å². The van der Waals surface area contributed by atoms with Crippen molar-refractivity contribution >= 4 is 0 Å². The molecule has 4 N–H and O–H groups in total. The number of benzene rings is 1. The number of imidazole rings is 2. The van der Waals surface area contributed by atoms with E-state index < -0.39 is 0 Å². The molecule has 34 heavy (non-hydrogen) atoms. The van der Waals surface area contributed by atoms with Gasteiger partial charge >= 0.3 is 0 Å². The predicted molar refractivity (Wildman–Crippen MR) is 134 cm³/mol. The first kappa shape index (κ1) is 20.9.